The zero-order valence-corrected chi connectivity index (χ0v) is 16.7. The summed E-state index contributed by atoms with van der Waals surface area (Å²) in [6.45, 7) is 6.30. The molecule has 0 aromatic heterocycles. The second kappa shape index (κ2) is 8.87. The fourth-order valence-electron chi connectivity index (χ4n) is 3.82. The average molecular weight is 380 g/mol. The van der Waals surface area contributed by atoms with E-state index < -0.39 is 0 Å². The molecule has 2 amide bonds. The highest BCUT2D eigenvalue weighted by atomic mass is 35.5. The minimum Gasteiger partial charge on any atom is -0.340 e. The van der Waals surface area contributed by atoms with Crippen LogP contribution in [-0.4, -0.2) is 53.8 Å². The number of rotatable bonds is 4. The number of hydrogen-bond donors (Lipinski definition) is 1. The van der Waals surface area contributed by atoms with Crippen molar-refractivity contribution in [3.05, 3.63) is 35.4 Å². The van der Waals surface area contributed by atoms with Crippen LogP contribution in [-0.2, 0) is 22.6 Å². The van der Waals surface area contributed by atoms with E-state index in [2.05, 4.69) is 17.4 Å². The van der Waals surface area contributed by atoms with Gasteiger partial charge in [-0.1, -0.05) is 38.1 Å². The third-order valence-electron chi connectivity index (χ3n) is 5.78. The van der Waals surface area contributed by atoms with Crippen LogP contribution >= 0.6 is 12.4 Å². The summed E-state index contributed by atoms with van der Waals surface area (Å²) in [5, 5.41) is 3.31. The second-order valence-corrected chi connectivity index (χ2v) is 7.36. The molecular formula is C20H30ClN3O2. The van der Waals surface area contributed by atoms with Gasteiger partial charge in [-0.2, -0.15) is 0 Å². The van der Waals surface area contributed by atoms with Crippen LogP contribution in [0.25, 0.3) is 0 Å². The summed E-state index contributed by atoms with van der Waals surface area (Å²) in [7, 11) is 1.88. The molecule has 2 aliphatic rings. The molecule has 0 aliphatic carbocycles. The Balaban J connectivity index is 0.00000243. The normalized spacial score (nSPS) is 23.0. The van der Waals surface area contributed by atoms with Crippen LogP contribution in [0.2, 0.25) is 0 Å². The largest absolute Gasteiger partial charge is 0.340 e. The fraction of sp³-hybridized carbons (Fsp3) is 0.600. The Morgan fingerprint density at radius 2 is 2.00 bits per heavy atom. The summed E-state index contributed by atoms with van der Waals surface area (Å²) in [4.78, 5) is 29.8. The van der Waals surface area contributed by atoms with Crippen LogP contribution in [0.1, 0.15) is 37.8 Å². The van der Waals surface area contributed by atoms with E-state index in [-0.39, 0.29) is 42.2 Å². The predicted octanol–water partition coefficient (Wildman–Crippen LogP) is 2.23. The van der Waals surface area contributed by atoms with Crippen LogP contribution in [0.15, 0.2) is 24.3 Å². The molecule has 2 aliphatic heterocycles. The highest BCUT2D eigenvalue weighted by Gasteiger charge is 2.38. The topological polar surface area (TPSA) is 52.7 Å². The molecule has 6 heteroatoms. The number of nitrogens with zero attached hydrogens (tertiary/aromatic N) is 2. The van der Waals surface area contributed by atoms with E-state index in [1.807, 2.05) is 42.8 Å². The number of amides is 2. The Morgan fingerprint density at radius 1 is 1.31 bits per heavy atom. The van der Waals surface area contributed by atoms with E-state index in [0.29, 0.717) is 13.0 Å². The van der Waals surface area contributed by atoms with Crippen LogP contribution in [0, 0.1) is 5.92 Å². The maximum absolute atomic E-state index is 13.2. The first-order valence-electron chi connectivity index (χ1n) is 9.37. The van der Waals surface area contributed by atoms with Gasteiger partial charge in [0, 0.05) is 38.5 Å². The minimum atomic E-state index is -0.387. The van der Waals surface area contributed by atoms with Gasteiger partial charge < -0.3 is 15.1 Å². The van der Waals surface area contributed by atoms with E-state index in [9.17, 15) is 9.59 Å². The molecule has 1 N–H and O–H groups in total. The van der Waals surface area contributed by atoms with E-state index in [4.69, 9.17) is 0 Å². The number of likely N-dealkylation sites (N-methyl/N-ethyl adjacent to an activating group) is 1. The van der Waals surface area contributed by atoms with Crippen molar-refractivity contribution in [3.63, 3.8) is 0 Å². The fourth-order valence-corrected chi connectivity index (χ4v) is 3.82. The SMILES string of the molecule is CCC(C)C(=O)N1Cc2ccccc2CC1C(=O)N(C)C1CCNC1.Cl. The smallest absolute Gasteiger partial charge is 0.245 e. The first kappa shape index (κ1) is 20.7. The number of hydrogen-bond acceptors (Lipinski definition) is 3. The molecule has 0 saturated carbocycles. The molecule has 1 fully saturated rings. The van der Waals surface area contributed by atoms with Crippen LogP contribution in [0.3, 0.4) is 0 Å². The summed E-state index contributed by atoms with van der Waals surface area (Å²) < 4.78 is 0. The molecule has 0 bridgehead atoms. The maximum Gasteiger partial charge on any atom is 0.245 e. The lowest BCUT2D eigenvalue weighted by Crippen LogP contribution is -2.55. The summed E-state index contributed by atoms with van der Waals surface area (Å²) in [5.41, 5.74) is 2.35. The van der Waals surface area contributed by atoms with Crippen molar-refractivity contribution < 1.29 is 9.59 Å². The summed E-state index contributed by atoms with van der Waals surface area (Å²) in [6, 6.07) is 8.00. The molecule has 2 heterocycles. The van der Waals surface area contributed by atoms with Crippen LogP contribution in [0.4, 0.5) is 0 Å². The van der Waals surface area contributed by atoms with Crippen molar-refractivity contribution >= 4 is 24.2 Å². The summed E-state index contributed by atoms with van der Waals surface area (Å²) in [6.07, 6.45) is 2.38. The van der Waals surface area contributed by atoms with Gasteiger partial charge in [0.2, 0.25) is 11.8 Å². The Hall–Kier alpha value is -1.59. The van der Waals surface area contributed by atoms with Gasteiger partial charge in [0.1, 0.15) is 6.04 Å². The molecule has 3 unspecified atom stereocenters. The van der Waals surface area contributed by atoms with Crippen molar-refractivity contribution in [2.24, 2.45) is 5.92 Å². The summed E-state index contributed by atoms with van der Waals surface area (Å²) >= 11 is 0. The van der Waals surface area contributed by atoms with Crippen molar-refractivity contribution in [2.45, 2.75) is 51.7 Å². The molecule has 3 rings (SSSR count). The standard InChI is InChI=1S/C20H29N3O2.ClH/c1-4-14(2)19(24)23-13-16-8-6-5-7-15(16)11-18(23)20(25)22(3)17-9-10-21-12-17;/h5-8,14,17-18,21H,4,9-13H2,1-3H3;1H. The maximum atomic E-state index is 13.2. The molecule has 5 nitrogen and oxygen atoms in total. The van der Waals surface area contributed by atoms with Gasteiger partial charge in [0.15, 0.2) is 0 Å². The lowest BCUT2D eigenvalue weighted by atomic mass is 9.91. The Labute approximate surface area is 162 Å². The third-order valence-corrected chi connectivity index (χ3v) is 5.78. The van der Waals surface area contributed by atoms with Crippen LogP contribution in [0.5, 0.6) is 0 Å². The van der Waals surface area contributed by atoms with Crippen LogP contribution < -0.4 is 5.32 Å². The lowest BCUT2D eigenvalue weighted by molar-refractivity contribution is -0.149. The highest BCUT2D eigenvalue weighted by Crippen LogP contribution is 2.27. The number of fused-ring (bicyclic) bond motifs is 1. The molecule has 26 heavy (non-hydrogen) atoms. The second-order valence-electron chi connectivity index (χ2n) is 7.36. The Morgan fingerprint density at radius 3 is 2.62 bits per heavy atom. The van der Waals surface area contributed by atoms with Gasteiger partial charge in [-0.3, -0.25) is 9.59 Å². The number of halogens is 1. The molecule has 1 aromatic carbocycles. The van der Waals surface area contributed by atoms with Gasteiger partial charge in [-0.25, -0.2) is 0 Å². The number of carbonyl (C=O) groups excluding carboxylic acids is 2. The minimum absolute atomic E-state index is 0. The van der Waals surface area contributed by atoms with Gasteiger partial charge in [-0.15, -0.1) is 12.4 Å². The zero-order valence-electron chi connectivity index (χ0n) is 15.9. The van der Waals surface area contributed by atoms with Crippen molar-refractivity contribution in [2.75, 3.05) is 20.1 Å². The predicted molar refractivity (Wildman–Crippen MR) is 105 cm³/mol. The van der Waals surface area contributed by atoms with Gasteiger partial charge in [-0.05, 0) is 30.5 Å². The monoisotopic (exact) mass is 379 g/mol. The average Bonchev–Trinajstić information content (AvgIpc) is 3.19. The lowest BCUT2D eigenvalue weighted by Gasteiger charge is -2.40. The Kier molecular flexibility index (Phi) is 7.07. The quantitative estimate of drug-likeness (QED) is 0.872. The van der Waals surface area contributed by atoms with E-state index in [1.54, 1.807) is 0 Å². The van der Waals surface area contributed by atoms with Gasteiger partial charge >= 0.3 is 0 Å². The van der Waals surface area contributed by atoms with Crippen molar-refractivity contribution in [1.29, 1.82) is 0 Å². The molecule has 0 spiro atoms. The zero-order chi connectivity index (χ0) is 18.0. The number of benzene rings is 1. The van der Waals surface area contributed by atoms with Gasteiger partial charge in [0.25, 0.3) is 0 Å². The molecular weight excluding hydrogens is 350 g/mol. The van der Waals surface area contributed by atoms with E-state index >= 15 is 0 Å². The third kappa shape index (κ3) is 4.04. The highest BCUT2D eigenvalue weighted by molar-refractivity contribution is 5.89. The number of nitrogens with one attached hydrogen (secondary N) is 1. The molecule has 1 saturated heterocycles. The molecule has 3 atom stereocenters. The van der Waals surface area contributed by atoms with Crippen molar-refractivity contribution in [3.8, 4) is 0 Å². The molecule has 144 valence electrons. The molecule has 0 radical (unpaired) electrons. The first-order chi connectivity index (χ1) is 12.0. The van der Waals surface area contributed by atoms with Gasteiger partial charge in [0.05, 0.1) is 0 Å². The summed E-state index contributed by atoms with van der Waals surface area (Å²) in [5.74, 6) is 0.104. The number of carbonyl (C=O) groups is 2. The first-order valence-corrected chi connectivity index (χ1v) is 9.37. The Bertz CT molecular complexity index is 646. The molecule has 1 aromatic rings. The van der Waals surface area contributed by atoms with E-state index in [1.165, 1.54) is 5.56 Å². The van der Waals surface area contributed by atoms with E-state index in [0.717, 1.165) is 31.5 Å². The van der Waals surface area contributed by atoms with Crippen molar-refractivity contribution in [1.82, 2.24) is 15.1 Å².